The van der Waals surface area contributed by atoms with Crippen LogP contribution in [0.1, 0.15) is 16.1 Å². The molecule has 1 amide bonds. The van der Waals surface area contributed by atoms with Crippen molar-refractivity contribution < 1.29 is 17.6 Å². The van der Waals surface area contributed by atoms with Crippen LogP contribution < -0.4 is 4.72 Å². The first-order chi connectivity index (χ1) is 11.0. The third-order valence-electron chi connectivity index (χ3n) is 3.06. The van der Waals surface area contributed by atoms with Gasteiger partial charge in [0.15, 0.2) is 0 Å². The van der Waals surface area contributed by atoms with Gasteiger partial charge in [0.1, 0.15) is 17.0 Å². The second kappa shape index (κ2) is 5.98. The average molecular weight is 348 g/mol. The second-order valence-electron chi connectivity index (χ2n) is 4.80. The zero-order chi connectivity index (χ0) is 16.4. The van der Waals surface area contributed by atoms with E-state index in [0.29, 0.717) is 5.01 Å². The number of nitrogens with zero attached hydrogens (tertiary/aromatic N) is 1. The molecule has 0 aliphatic heterocycles. The van der Waals surface area contributed by atoms with E-state index in [1.54, 1.807) is 18.2 Å². The molecule has 1 aromatic carbocycles. The number of aryl methyl sites for hydroxylation is 1. The van der Waals surface area contributed by atoms with Gasteiger partial charge in [-0.3, -0.25) is 4.79 Å². The Hall–Kier alpha value is -2.45. The van der Waals surface area contributed by atoms with Gasteiger partial charge in [0, 0.05) is 10.9 Å². The van der Waals surface area contributed by atoms with Gasteiger partial charge < -0.3 is 4.42 Å². The van der Waals surface area contributed by atoms with Crippen LogP contribution in [0.4, 0.5) is 0 Å². The third kappa shape index (κ3) is 3.33. The summed E-state index contributed by atoms with van der Waals surface area (Å²) in [6.07, 6.45) is 3.00. The molecule has 8 heteroatoms. The number of carbonyl (C=O) groups excluding carboxylic acids is 1. The highest BCUT2D eigenvalue weighted by molar-refractivity contribution is 7.90. The summed E-state index contributed by atoms with van der Waals surface area (Å²) in [5.74, 6) is -0.767. The van der Waals surface area contributed by atoms with E-state index in [4.69, 9.17) is 4.42 Å². The number of aromatic nitrogens is 1. The highest BCUT2D eigenvalue weighted by Gasteiger charge is 2.20. The molecule has 0 saturated carbocycles. The number of carbonyl (C=O) groups is 1. The molecule has 118 valence electrons. The number of rotatable bonds is 4. The fraction of sp³-hybridized carbons (Fsp3) is 0.0667. The van der Waals surface area contributed by atoms with E-state index in [1.807, 2.05) is 11.6 Å². The van der Waals surface area contributed by atoms with E-state index >= 15 is 0 Å². The Bertz CT molecular complexity index is 926. The van der Waals surface area contributed by atoms with Crippen molar-refractivity contribution in [3.63, 3.8) is 0 Å². The number of sulfonamides is 1. The molecule has 2 heterocycles. The monoisotopic (exact) mass is 348 g/mol. The van der Waals surface area contributed by atoms with Gasteiger partial charge in [0.2, 0.25) is 0 Å². The van der Waals surface area contributed by atoms with Crippen molar-refractivity contribution in [1.29, 1.82) is 0 Å². The van der Waals surface area contributed by atoms with E-state index in [9.17, 15) is 13.2 Å². The summed E-state index contributed by atoms with van der Waals surface area (Å²) in [5, 5.41) is 2.08. The molecule has 3 aromatic rings. The lowest BCUT2D eigenvalue weighted by Crippen LogP contribution is -2.30. The molecule has 0 saturated heterocycles. The van der Waals surface area contributed by atoms with Crippen molar-refractivity contribution in [3.8, 4) is 10.6 Å². The summed E-state index contributed by atoms with van der Waals surface area (Å²) in [6.45, 7) is 1.85. The highest BCUT2D eigenvalue weighted by Crippen LogP contribution is 2.24. The lowest BCUT2D eigenvalue weighted by molar-refractivity contribution is 0.0977. The van der Waals surface area contributed by atoms with Gasteiger partial charge in [-0.1, -0.05) is 17.7 Å². The number of hydrogen-bond acceptors (Lipinski definition) is 6. The first-order valence-electron chi connectivity index (χ1n) is 6.57. The Morgan fingerprint density at radius 3 is 2.61 bits per heavy atom. The Labute approximate surface area is 136 Å². The van der Waals surface area contributed by atoms with Crippen LogP contribution in [-0.2, 0) is 10.0 Å². The highest BCUT2D eigenvalue weighted by atomic mass is 32.2. The maximum Gasteiger partial charge on any atom is 0.284 e. The minimum Gasteiger partial charge on any atom is -0.472 e. The summed E-state index contributed by atoms with van der Waals surface area (Å²) >= 11 is 1.23. The largest absolute Gasteiger partial charge is 0.472 e. The number of furan rings is 1. The Kier molecular flexibility index (Phi) is 4.01. The molecule has 0 fully saturated rings. The smallest absolute Gasteiger partial charge is 0.284 e. The average Bonchev–Trinajstić information content (AvgIpc) is 3.18. The zero-order valence-electron chi connectivity index (χ0n) is 12.0. The maximum absolute atomic E-state index is 12.2. The van der Waals surface area contributed by atoms with E-state index in [1.165, 1.54) is 41.4 Å². The van der Waals surface area contributed by atoms with Crippen molar-refractivity contribution in [1.82, 2.24) is 9.71 Å². The maximum atomic E-state index is 12.2. The van der Waals surface area contributed by atoms with Crippen LogP contribution in [0, 0.1) is 6.92 Å². The van der Waals surface area contributed by atoms with Crippen LogP contribution in [-0.4, -0.2) is 19.3 Å². The molecule has 0 aliphatic carbocycles. The van der Waals surface area contributed by atoms with Crippen LogP contribution >= 0.6 is 11.3 Å². The van der Waals surface area contributed by atoms with Gasteiger partial charge in [-0.25, -0.2) is 18.1 Å². The molecule has 0 bridgehead atoms. The van der Waals surface area contributed by atoms with Crippen molar-refractivity contribution in [2.45, 2.75) is 11.8 Å². The van der Waals surface area contributed by atoms with E-state index in [0.717, 1.165) is 11.1 Å². The third-order valence-corrected chi connectivity index (χ3v) is 5.30. The molecule has 6 nitrogen and oxygen atoms in total. The number of benzene rings is 1. The second-order valence-corrected chi connectivity index (χ2v) is 7.34. The number of nitrogens with one attached hydrogen (secondary N) is 1. The minimum absolute atomic E-state index is 0.0294. The van der Waals surface area contributed by atoms with Crippen molar-refractivity contribution in [3.05, 3.63) is 59.5 Å². The van der Waals surface area contributed by atoms with Crippen LogP contribution in [0.3, 0.4) is 0 Å². The van der Waals surface area contributed by atoms with E-state index < -0.39 is 15.9 Å². The predicted molar refractivity (Wildman–Crippen MR) is 85.6 cm³/mol. The topological polar surface area (TPSA) is 89.3 Å². The van der Waals surface area contributed by atoms with Gasteiger partial charge in [0.05, 0.1) is 11.2 Å². The molecule has 0 radical (unpaired) electrons. The minimum atomic E-state index is -3.92. The summed E-state index contributed by atoms with van der Waals surface area (Å²) in [7, 11) is -3.92. The van der Waals surface area contributed by atoms with Gasteiger partial charge >= 0.3 is 0 Å². The SMILES string of the molecule is Cc1ccc(S(=O)(=O)NC(=O)c2csc(-c3ccoc3)n2)cc1. The Balaban J connectivity index is 1.80. The van der Waals surface area contributed by atoms with Crippen LogP contribution in [0.5, 0.6) is 0 Å². The molecule has 1 N–H and O–H groups in total. The molecular formula is C15H12N2O4S2. The van der Waals surface area contributed by atoms with Gasteiger partial charge in [-0.15, -0.1) is 11.3 Å². The molecule has 0 atom stereocenters. The van der Waals surface area contributed by atoms with Gasteiger partial charge in [-0.2, -0.15) is 0 Å². The lowest BCUT2D eigenvalue weighted by atomic mass is 10.2. The van der Waals surface area contributed by atoms with Crippen molar-refractivity contribution >= 4 is 27.3 Å². The fourth-order valence-electron chi connectivity index (χ4n) is 1.85. The summed E-state index contributed by atoms with van der Waals surface area (Å²) in [6, 6.07) is 7.94. The normalized spacial score (nSPS) is 11.3. The molecule has 0 unspecified atom stereocenters. The molecule has 0 aliphatic rings. The summed E-state index contributed by atoms with van der Waals surface area (Å²) < 4.78 is 31.4. The first kappa shape index (κ1) is 15.4. The van der Waals surface area contributed by atoms with E-state index in [-0.39, 0.29) is 10.6 Å². The number of hydrogen-bond donors (Lipinski definition) is 1. The van der Waals surface area contributed by atoms with Gasteiger partial charge in [-0.05, 0) is 25.1 Å². The number of amides is 1. The fourth-order valence-corrected chi connectivity index (χ4v) is 3.59. The van der Waals surface area contributed by atoms with Gasteiger partial charge in [0.25, 0.3) is 15.9 Å². The molecule has 3 rings (SSSR count). The molecule has 2 aromatic heterocycles. The predicted octanol–water partition coefficient (Wildman–Crippen LogP) is 2.83. The standard InChI is InChI=1S/C15H12N2O4S2/c1-10-2-4-12(5-3-10)23(19,20)17-14(18)13-9-22-15(16-13)11-6-7-21-8-11/h2-9H,1H3,(H,17,18). The Morgan fingerprint density at radius 2 is 1.96 bits per heavy atom. The number of thiazole rings is 1. The zero-order valence-corrected chi connectivity index (χ0v) is 13.6. The molecular weight excluding hydrogens is 336 g/mol. The van der Waals surface area contributed by atoms with Crippen LogP contribution in [0.25, 0.3) is 10.6 Å². The van der Waals surface area contributed by atoms with Crippen LogP contribution in [0.2, 0.25) is 0 Å². The summed E-state index contributed by atoms with van der Waals surface area (Å²) in [4.78, 5) is 16.3. The molecule has 23 heavy (non-hydrogen) atoms. The van der Waals surface area contributed by atoms with Crippen LogP contribution in [0.15, 0.2) is 57.6 Å². The van der Waals surface area contributed by atoms with E-state index in [2.05, 4.69) is 4.98 Å². The lowest BCUT2D eigenvalue weighted by Gasteiger charge is -2.05. The first-order valence-corrected chi connectivity index (χ1v) is 8.94. The summed E-state index contributed by atoms with van der Waals surface area (Å²) in [5.41, 5.74) is 1.71. The quantitative estimate of drug-likeness (QED) is 0.783. The Morgan fingerprint density at radius 1 is 1.22 bits per heavy atom. The van der Waals surface area contributed by atoms with Crippen molar-refractivity contribution in [2.75, 3.05) is 0 Å². The van der Waals surface area contributed by atoms with Crippen molar-refractivity contribution in [2.24, 2.45) is 0 Å². The molecule has 0 spiro atoms.